The van der Waals surface area contributed by atoms with Crippen LogP contribution >= 0.6 is 0 Å². The topological polar surface area (TPSA) is 29.1 Å². The average Bonchev–Trinajstić information content (AvgIpc) is 2.42. The predicted octanol–water partition coefficient (Wildman–Crippen LogP) is 2.12. The Morgan fingerprint density at radius 3 is 2.85 bits per heavy atom. The Labute approximate surface area is 73.6 Å². The van der Waals surface area contributed by atoms with E-state index in [1.807, 2.05) is 0 Å². The third-order valence-corrected chi connectivity index (χ3v) is 2.01. The quantitative estimate of drug-likeness (QED) is 0.709. The summed E-state index contributed by atoms with van der Waals surface area (Å²) in [5, 5.41) is 2.58. The van der Waals surface area contributed by atoms with E-state index < -0.39 is 6.43 Å². The number of rotatable bonds is 1. The molecular weight excluding hydrogens is 176 g/mol. The molecule has 2 rings (SSSR count). The highest BCUT2D eigenvalue weighted by Gasteiger charge is 2.19. The lowest BCUT2D eigenvalue weighted by Crippen LogP contribution is -2.03. The molecule has 0 radical (unpaired) electrons. The van der Waals surface area contributed by atoms with Crippen LogP contribution in [0.5, 0.6) is 0 Å². The van der Waals surface area contributed by atoms with Crippen molar-refractivity contribution in [2.24, 2.45) is 0 Å². The summed E-state index contributed by atoms with van der Waals surface area (Å²) in [6, 6.07) is 4.22. The molecule has 1 aliphatic heterocycles. The Balaban J connectivity index is 2.40. The van der Waals surface area contributed by atoms with Gasteiger partial charge in [-0.2, -0.15) is 0 Å². The molecule has 0 unspecified atom stereocenters. The van der Waals surface area contributed by atoms with Crippen LogP contribution in [-0.4, -0.2) is 5.91 Å². The van der Waals surface area contributed by atoms with Crippen LogP contribution in [0.2, 0.25) is 0 Å². The monoisotopic (exact) mass is 183 g/mol. The minimum Gasteiger partial charge on any atom is -0.326 e. The Morgan fingerprint density at radius 2 is 2.15 bits per heavy atom. The van der Waals surface area contributed by atoms with E-state index in [1.165, 1.54) is 18.2 Å². The molecule has 0 aromatic heterocycles. The highest BCUT2D eigenvalue weighted by atomic mass is 19.3. The summed E-state index contributed by atoms with van der Waals surface area (Å²) in [7, 11) is 0. The van der Waals surface area contributed by atoms with Crippen molar-refractivity contribution in [1.29, 1.82) is 0 Å². The standard InChI is InChI=1S/C9H7F2NO/c10-9(11)5-1-2-7-6(3-5)4-8(13)12-7/h1-3,9H,4H2,(H,12,13). The van der Waals surface area contributed by atoms with Gasteiger partial charge in [-0.25, -0.2) is 8.78 Å². The van der Waals surface area contributed by atoms with Gasteiger partial charge in [0.25, 0.3) is 6.43 Å². The highest BCUT2D eigenvalue weighted by molar-refractivity contribution is 5.99. The molecule has 4 heteroatoms. The SMILES string of the molecule is O=C1Cc2cc(C(F)F)ccc2N1. The fourth-order valence-electron chi connectivity index (χ4n) is 1.38. The molecule has 1 aliphatic rings. The average molecular weight is 183 g/mol. The molecular formula is C9H7F2NO. The summed E-state index contributed by atoms with van der Waals surface area (Å²) >= 11 is 0. The van der Waals surface area contributed by atoms with Gasteiger partial charge in [-0.3, -0.25) is 4.79 Å². The first-order valence-corrected chi connectivity index (χ1v) is 3.87. The van der Waals surface area contributed by atoms with E-state index in [-0.39, 0.29) is 17.9 Å². The van der Waals surface area contributed by atoms with Gasteiger partial charge in [0, 0.05) is 11.3 Å². The molecule has 2 nitrogen and oxygen atoms in total. The fraction of sp³-hybridized carbons (Fsp3) is 0.222. The van der Waals surface area contributed by atoms with Gasteiger partial charge in [0.05, 0.1) is 6.42 Å². The second-order valence-corrected chi connectivity index (χ2v) is 2.94. The molecule has 13 heavy (non-hydrogen) atoms. The minimum atomic E-state index is -2.47. The molecule has 0 bridgehead atoms. The summed E-state index contributed by atoms with van der Waals surface area (Å²) in [6.07, 6.45) is -2.27. The number of amides is 1. The highest BCUT2D eigenvalue weighted by Crippen LogP contribution is 2.28. The summed E-state index contributed by atoms with van der Waals surface area (Å²) < 4.78 is 24.5. The van der Waals surface area contributed by atoms with E-state index in [0.717, 1.165) is 0 Å². The van der Waals surface area contributed by atoms with Crippen molar-refractivity contribution >= 4 is 11.6 Å². The number of nitrogens with one attached hydrogen (secondary N) is 1. The lowest BCUT2D eigenvalue weighted by atomic mass is 10.1. The number of fused-ring (bicyclic) bond motifs is 1. The summed E-state index contributed by atoms with van der Waals surface area (Å²) in [5.41, 5.74) is 1.27. The minimum absolute atomic E-state index is 0.0322. The number of anilines is 1. The van der Waals surface area contributed by atoms with Crippen LogP contribution in [-0.2, 0) is 11.2 Å². The van der Waals surface area contributed by atoms with E-state index in [1.54, 1.807) is 0 Å². The van der Waals surface area contributed by atoms with Crippen LogP contribution in [0, 0.1) is 0 Å². The van der Waals surface area contributed by atoms with Crippen LogP contribution in [0.1, 0.15) is 17.6 Å². The lowest BCUT2D eigenvalue weighted by molar-refractivity contribution is -0.115. The first-order chi connectivity index (χ1) is 6.16. The van der Waals surface area contributed by atoms with E-state index in [2.05, 4.69) is 5.32 Å². The Bertz CT molecular complexity index is 363. The van der Waals surface area contributed by atoms with Gasteiger partial charge < -0.3 is 5.32 Å². The van der Waals surface area contributed by atoms with Crippen LogP contribution in [0.15, 0.2) is 18.2 Å². The lowest BCUT2D eigenvalue weighted by Gasteiger charge is -2.01. The van der Waals surface area contributed by atoms with Gasteiger partial charge in [0.1, 0.15) is 0 Å². The van der Waals surface area contributed by atoms with Crippen LogP contribution in [0.3, 0.4) is 0 Å². The fourth-order valence-corrected chi connectivity index (χ4v) is 1.38. The molecule has 0 saturated heterocycles. The normalized spacial score (nSPS) is 14.5. The van der Waals surface area contributed by atoms with E-state index >= 15 is 0 Å². The van der Waals surface area contributed by atoms with Crippen molar-refractivity contribution in [3.63, 3.8) is 0 Å². The smallest absolute Gasteiger partial charge is 0.263 e. The summed E-state index contributed by atoms with van der Waals surface area (Å²) in [4.78, 5) is 10.9. The molecule has 0 saturated carbocycles. The van der Waals surface area contributed by atoms with Crippen LogP contribution in [0.4, 0.5) is 14.5 Å². The zero-order valence-electron chi connectivity index (χ0n) is 6.68. The van der Waals surface area contributed by atoms with Crippen molar-refractivity contribution in [2.45, 2.75) is 12.8 Å². The van der Waals surface area contributed by atoms with Crippen molar-refractivity contribution in [1.82, 2.24) is 0 Å². The van der Waals surface area contributed by atoms with Gasteiger partial charge in [-0.1, -0.05) is 6.07 Å². The maximum atomic E-state index is 12.2. The number of halogens is 2. The van der Waals surface area contributed by atoms with Crippen molar-refractivity contribution < 1.29 is 13.6 Å². The van der Waals surface area contributed by atoms with Crippen LogP contribution in [0.25, 0.3) is 0 Å². The molecule has 1 aromatic rings. The largest absolute Gasteiger partial charge is 0.326 e. The van der Waals surface area contributed by atoms with Crippen molar-refractivity contribution in [2.75, 3.05) is 5.32 Å². The second-order valence-electron chi connectivity index (χ2n) is 2.94. The molecule has 0 aliphatic carbocycles. The first kappa shape index (κ1) is 8.16. The van der Waals surface area contributed by atoms with E-state index in [9.17, 15) is 13.6 Å². The number of carbonyl (C=O) groups is 1. The zero-order chi connectivity index (χ0) is 9.42. The number of carbonyl (C=O) groups excluding carboxylic acids is 1. The third-order valence-electron chi connectivity index (χ3n) is 2.01. The zero-order valence-corrected chi connectivity index (χ0v) is 6.68. The molecule has 68 valence electrons. The molecule has 1 amide bonds. The van der Waals surface area contributed by atoms with Crippen molar-refractivity contribution in [3.05, 3.63) is 29.3 Å². The third kappa shape index (κ3) is 1.39. The predicted molar refractivity (Wildman–Crippen MR) is 43.7 cm³/mol. The van der Waals surface area contributed by atoms with E-state index in [4.69, 9.17) is 0 Å². The van der Waals surface area contributed by atoms with Gasteiger partial charge in [0.15, 0.2) is 0 Å². The number of hydrogen-bond acceptors (Lipinski definition) is 1. The van der Waals surface area contributed by atoms with E-state index in [0.29, 0.717) is 11.3 Å². The number of alkyl halides is 2. The van der Waals surface area contributed by atoms with Crippen LogP contribution < -0.4 is 5.32 Å². The van der Waals surface area contributed by atoms with Gasteiger partial charge in [0.2, 0.25) is 5.91 Å². The molecule has 0 spiro atoms. The summed E-state index contributed by atoms with van der Waals surface area (Å²) in [5.74, 6) is -0.138. The number of hydrogen-bond donors (Lipinski definition) is 1. The molecule has 1 aromatic carbocycles. The maximum Gasteiger partial charge on any atom is 0.263 e. The molecule has 1 heterocycles. The maximum absolute atomic E-state index is 12.2. The van der Waals surface area contributed by atoms with Gasteiger partial charge >= 0.3 is 0 Å². The van der Waals surface area contributed by atoms with Crippen molar-refractivity contribution in [3.8, 4) is 0 Å². The Kier molecular flexibility index (Phi) is 1.76. The molecule has 0 fully saturated rings. The molecule has 1 N–H and O–H groups in total. The van der Waals surface area contributed by atoms with Gasteiger partial charge in [-0.05, 0) is 17.7 Å². The number of benzene rings is 1. The van der Waals surface area contributed by atoms with Gasteiger partial charge in [-0.15, -0.1) is 0 Å². The second kappa shape index (κ2) is 2.80. The Hall–Kier alpha value is -1.45. The Morgan fingerprint density at radius 1 is 1.38 bits per heavy atom. The summed E-state index contributed by atoms with van der Waals surface area (Å²) in [6.45, 7) is 0. The molecule has 0 atom stereocenters. The first-order valence-electron chi connectivity index (χ1n) is 3.87.